The van der Waals surface area contributed by atoms with Crippen LogP contribution < -0.4 is 20.9 Å². The van der Waals surface area contributed by atoms with Gasteiger partial charge >= 0.3 is 0 Å². The van der Waals surface area contributed by atoms with E-state index >= 15 is 0 Å². The van der Waals surface area contributed by atoms with Crippen LogP contribution in [-0.2, 0) is 9.59 Å². The van der Waals surface area contributed by atoms with Gasteiger partial charge in [0.15, 0.2) is 5.65 Å². The van der Waals surface area contributed by atoms with Crippen molar-refractivity contribution in [1.82, 2.24) is 30.5 Å². The molecule has 1 aromatic carbocycles. The molecular weight excluding hydrogens is 485 g/mol. The lowest BCUT2D eigenvalue weighted by atomic mass is 10.0. The number of aryl methyl sites for hydroxylation is 1. The molecule has 3 heterocycles. The first kappa shape index (κ1) is 27.1. The van der Waals surface area contributed by atoms with Gasteiger partial charge in [0.1, 0.15) is 17.2 Å². The Bertz CT molecular complexity index is 1370. The van der Waals surface area contributed by atoms with Gasteiger partial charge in [-0.05, 0) is 62.9 Å². The fraction of sp³-hybridized carbons (Fsp3) is 0.429. The van der Waals surface area contributed by atoms with Crippen LogP contribution in [0, 0.1) is 18.7 Å². The predicted octanol–water partition coefficient (Wildman–Crippen LogP) is 3.27. The van der Waals surface area contributed by atoms with Gasteiger partial charge < -0.3 is 20.9 Å². The summed E-state index contributed by atoms with van der Waals surface area (Å²) in [5.74, 6) is -0.291. The molecule has 0 bridgehead atoms. The second-order valence-electron chi connectivity index (χ2n) is 10.2. The first-order valence-electron chi connectivity index (χ1n) is 12.9. The van der Waals surface area contributed by atoms with Crippen LogP contribution in [0.5, 0.6) is 0 Å². The largest absolute Gasteiger partial charge is 0.391 e. The molecule has 4 rings (SSSR count). The Morgan fingerprint density at radius 2 is 1.89 bits per heavy atom. The third-order valence-corrected chi connectivity index (χ3v) is 7.25. The minimum Gasteiger partial charge on any atom is -0.391 e. The molecule has 2 unspecified atom stereocenters. The maximum atomic E-state index is 14.2. The van der Waals surface area contributed by atoms with Crippen LogP contribution >= 0.6 is 0 Å². The van der Waals surface area contributed by atoms with Crippen molar-refractivity contribution >= 4 is 23.3 Å². The fourth-order valence-electron chi connectivity index (χ4n) is 4.63. The van der Waals surface area contributed by atoms with Gasteiger partial charge in [0.05, 0.1) is 17.9 Å². The van der Waals surface area contributed by atoms with Crippen LogP contribution in [0.2, 0.25) is 0 Å². The highest BCUT2D eigenvalue weighted by molar-refractivity contribution is 6.19. The van der Waals surface area contributed by atoms with Crippen molar-refractivity contribution in [3.8, 4) is 0 Å². The first-order valence-corrected chi connectivity index (χ1v) is 12.9. The summed E-state index contributed by atoms with van der Waals surface area (Å²) < 4.78 is 16.0. The van der Waals surface area contributed by atoms with Gasteiger partial charge in [0, 0.05) is 31.4 Å². The average molecular weight is 522 g/mol. The van der Waals surface area contributed by atoms with Gasteiger partial charge in [-0.25, -0.2) is 13.9 Å². The van der Waals surface area contributed by atoms with Gasteiger partial charge in [0.2, 0.25) is 0 Å². The van der Waals surface area contributed by atoms with Gasteiger partial charge in [-0.3, -0.25) is 9.59 Å². The van der Waals surface area contributed by atoms with Gasteiger partial charge in [0.25, 0.3) is 11.8 Å². The number of aromatic nitrogens is 3. The van der Waals surface area contributed by atoms with E-state index in [0.717, 1.165) is 16.9 Å². The van der Waals surface area contributed by atoms with Crippen LogP contribution in [0.4, 0.5) is 10.2 Å². The summed E-state index contributed by atoms with van der Waals surface area (Å²) in [6.45, 7) is 10.0. The van der Waals surface area contributed by atoms with E-state index in [1.54, 1.807) is 30.8 Å². The number of hydrogen-bond donors (Lipinski definition) is 3. The van der Waals surface area contributed by atoms with E-state index in [2.05, 4.69) is 25.8 Å². The zero-order chi connectivity index (χ0) is 27.6. The van der Waals surface area contributed by atoms with Crippen LogP contribution in [-0.4, -0.2) is 52.1 Å². The monoisotopic (exact) mass is 521 g/mol. The summed E-state index contributed by atoms with van der Waals surface area (Å²) in [6.07, 6.45) is 2.28. The molecule has 202 valence electrons. The number of amides is 2. The van der Waals surface area contributed by atoms with E-state index in [1.807, 2.05) is 45.9 Å². The third-order valence-electron chi connectivity index (χ3n) is 7.25. The number of rotatable bonds is 8. The first-order chi connectivity index (χ1) is 18.1. The van der Waals surface area contributed by atoms with E-state index in [0.29, 0.717) is 24.5 Å². The minimum atomic E-state index is -0.455. The Morgan fingerprint density at radius 1 is 1.13 bits per heavy atom. The van der Waals surface area contributed by atoms with Crippen molar-refractivity contribution in [2.45, 2.75) is 59.2 Å². The number of hydrogen-bond acceptors (Lipinski definition) is 6. The highest BCUT2D eigenvalue weighted by Crippen LogP contribution is 2.36. The summed E-state index contributed by atoms with van der Waals surface area (Å²) in [7, 11) is 1.68. The van der Waals surface area contributed by atoms with Crippen LogP contribution in [0.1, 0.15) is 51.4 Å². The topological polar surface area (TPSA) is 104 Å². The molecule has 1 aliphatic rings. The summed E-state index contributed by atoms with van der Waals surface area (Å²) in [5.41, 5.74) is 2.95. The molecule has 1 saturated heterocycles. The van der Waals surface area contributed by atoms with Crippen molar-refractivity contribution in [1.29, 1.82) is 0 Å². The van der Waals surface area contributed by atoms with E-state index in [4.69, 9.17) is 5.10 Å². The maximum Gasteiger partial charge on any atom is 0.258 e. The number of allylic oxidation sites excluding steroid dienone is 1. The number of nitrogens with zero attached hydrogens (tertiary/aromatic N) is 4. The molecule has 0 saturated carbocycles. The molecule has 0 radical (unpaired) electrons. The Hall–Kier alpha value is -3.95. The van der Waals surface area contributed by atoms with Crippen molar-refractivity contribution in [3.05, 3.63) is 70.9 Å². The zero-order valence-corrected chi connectivity index (χ0v) is 22.7. The van der Waals surface area contributed by atoms with Crippen molar-refractivity contribution in [3.63, 3.8) is 0 Å². The van der Waals surface area contributed by atoms with E-state index < -0.39 is 11.8 Å². The van der Waals surface area contributed by atoms with Crippen LogP contribution in [0.15, 0.2) is 53.9 Å². The summed E-state index contributed by atoms with van der Waals surface area (Å²) in [6, 6.07) is 9.64. The number of nitrogens with one attached hydrogen (secondary N) is 3. The lowest BCUT2D eigenvalue weighted by Crippen LogP contribution is -2.45. The maximum absolute atomic E-state index is 14.2. The predicted molar refractivity (Wildman–Crippen MR) is 145 cm³/mol. The lowest BCUT2D eigenvalue weighted by molar-refractivity contribution is -0.124. The van der Waals surface area contributed by atoms with E-state index in [1.165, 1.54) is 12.1 Å². The highest BCUT2D eigenvalue weighted by Gasteiger charge is 2.36. The highest BCUT2D eigenvalue weighted by atomic mass is 19.1. The van der Waals surface area contributed by atoms with E-state index in [9.17, 15) is 14.0 Å². The quantitative estimate of drug-likeness (QED) is 0.239. The zero-order valence-electron chi connectivity index (χ0n) is 22.7. The number of benzene rings is 1. The molecule has 3 N–H and O–H groups in total. The second-order valence-corrected chi connectivity index (χ2v) is 10.2. The Labute approximate surface area is 222 Å². The molecule has 3 aromatic rings. The molecule has 2 amide bonds. The Balaban J connectivity index is 1.62. The Kier molecular flexibility index (Phi) is 7.99. The number of halogens is 1. The summed E-state index contributed by atoms with van der Waals surface area (Å²) in [5, 5.41) is 13.7. The number of carbonyl (C=O) groups excluding carboxylic acids is 2. The lowest BCUT2D eigenvalue weighted by Gasteiger charge is -2.26. The molecule has 1 aliphatic heterocycles. The van der Waals surface area contributed by atoms with Gasteiger partial charge in [-0.15, -0.1) is 5.10 Å². The molecule has 2 aromatic heterocycles. The van der Waals surface area contributed by atoms with Crippen LogP contribution in [0.3, 0.4) is 0 Å². The van der Waals surface area contributed by atoms with Crippen molar-refractivity contribution in [2.75, 3.05) is 18.5 Å². The minimum absolute atomic E-state index is 0.0503. The smallest absolute Gasteiger partial charge is 0.258 e. The second kappa shape index (κ2) is 11.2. The number of anilines is 1. The standard InChI is InChI=1S/C28H36FN7O2/c1-16(2)18(4)32-27(37)26(19(5)30-6)28(38)33-22-13-23(20-8-7-9-21(29)12-20)35(15-22)25-11-10-24-31-14-17(3)36(24)34-25/h7-12,14,16,18,22-23,30H,13,15H2,1-6H3,(H,32,37)(H,33,38)/b26-19+/t18?,22?,23-/m1/s1. The van der Waals surface area contributed by atoms with Crippen LogP contribution in [0.25, 0.3) is 5.65 Å². The third kappa shape index (κ3) is 5.64. The number of carbonyl (C=O) groups is 2. The number of imidazole rings is 1. The molecule has 10 heteroatoms. The molecular formula is C28H36FN7O2. The summed E-state index contributed by atoms with van der Waals surface area (Å²) >= 11 is 0. The fourth-order valence-corrected chi connectivity index (χ4v) is 4.63. The van der Waals surface area contributed by atoms with Gasteiger partial charge in [-0.1, -0.05) is 26.0 Å². The molecule has 0 spiro atoms. The van der Waals surface area contributed by atoms with Crippen molar-refractivity contribution < 1.29 is 14.0 Å². The molecule has 38 heavy (non-hydrogen) atoms. The average Bonchev–Trinajstić information content (AvgIpc) is 3.47. The molecule has 9 nitrogen and oxygen atoms in total. The van der Waals surface area contributed by atoms with Crippen molar-refractivity contribution in [2.24, 2.45) is 5.92 Å². The molecule has 0 aliphatic carbocycles. The normalized spacial score (nSPS) is 18.9. The Morgan fingerprint density at radius 3 is 2.58 bits per heavy atom. The SMILES string of the molecule is CN/C(C)=C(/C(=O)NC1C[C@H](c2cccc(F)c2)N(c2ccc3ncc(C)n3n2)C1)C(=O)NC(C)C(C)C. The summed E-state index contributed by atoms with van der Waals surface area (Å²) in [4.78, 5) is 32.9. The molecule has 3 atom stereocenters. The van der Waals surface area contributed by atoms with Gasteiger partial charge in [-0.2, -0.15) is 0 Å². The molecule has 1 fully saturated rings. The number of fused-ring (bicyclic) bond motifs is 1. The van der Waals surface area contributed by atoms with E-state index in [-0.39, 0.29) is 35.4 Å².